The van der Waals surface area contributed by atoms with E-state index in [1.807, 2.05) is 0 Å². The van der Waals surface area contributed by atoms with E-state index < -0.39 is 0 Å². The fourth-order valence-corrected chi connectivity index (χ4v) is 1.72. The zero-order valence-corrected chi connectivity index (χ0v) is 10.6. The van der Waals surface area contributed by atoms with Gasteiger partial charge in [-0.15, -0.1) is 0 Å². The highest BCUT2D eigenvalue weighted by atomic mass is 35.5. The van der Waals surface area contributed by atoms with E-state index in [-0.39, 0.29) is 0 Å². The Hall–Kier alpha value is -0.990. The molecule has 0 aliphatic rings. The van der Waals surface area contributed by atoms with Crippen LogP contribution in [0.3, 0.4) is 0 Å². The van der Waals surface area contributed by atoms with Crippen LogP contribution < -0.4 is 5.73 Å². The van der Waals surface area contributed by atoms with Crippen LogP contribution in [0.1, 0.15) is 25.3 Å². The molecule has 0 spiro atoms. The van der Waals surface area contributed by atoms with Crippen molar-refractivity contribution in [2.45, 2.75) is 19.8 Å². The maximum atomic E-state index is 5.99. The highest BCUT2D eigenvalue weighted by Crippen LogP contribution is 2.25. The van der Waals surface area contributed by atoms with Gasteiger partial charge in [0.1, 0.15) is 0 Å². The Kier molecular flexibility index (Phi) is 5.36. The molecule has 1 aromatic rings. The van der Waals surface area contributed by atoms with Gasteiger partial charge in [-0.2, -0.15) is 0 Å². The second-order valence-electron chi connectivity index (χ2n) is 3.32. The Bertz CT molecular complexity index is 391. The maximum Gasteiger partial charge on any atom is 0.0988 e. The van der Waals surface area contributed by atoms with Crippen LogP contribution in [0.5, 0.6) is 0 Å². The molecule has 2 nitrogen and oxygen atoms in total. The zero-order chi connectivity index (χ0) is 12.0. The SMILES string of the molecule is CCCC(N)=N/C=C/c1c(Cl)cccc1Cl. The molecule has 0 radical (unpaired) electrons. The number of rotatable bonds is 4. The predicted molar refractivity (Wildman–Crippen MR) is 72.0 cm³/mol. The smallest absolute Gasteiger partial charge is 0.0988 e. The van der Waals surface area contributed by atoms with Crippen molar-refractivity contribution in [2.24, 2.45) is 10.7 Å². The molecule has 1 aromatic carbocycles. The van der Waals surface area contributed by atoms with Crippen molar-refractivity contribution in [1.82, 2.24) is 0 Å². The van der Waals surface area contributed by atoms with Gasteiger partial charge in [0.2, 0.25) is 0 Å². The number of aliphatic imine (C=N–C) groups is 1. The first-order valence-electron chi connectivity index (χ1n) is 5.08. The highest BCUT2D eigenvalue weighted by molar-refractivity contribution is 6.37. The lowest BCUT2D eigenvalue weighted by Gasteiger charge is -1.99. The molecule has 0 heterocycles. The summed E-state index contributed by atoms with van der Waals surface area (Å²) >= 11 is 12.0. The fourth-order valence-electron chi connectivity index (χ4n) is 1.20. The molecule has 0 bridgehead atoms. The zero-order valence-electron chi connectivity index (χ0n) is 9.08. The third kappa shape index (κ3) is 3.87. The quantitative estimate of drug-likeness (QED) is 0.639. The van der Waals surface area contributed by atoms with Crippen molar-refractivity contribution in [2.75, 3.05) is 0 Å². The largest absolute Gasteiger partial charge is 0.387 e. The minimum atomic E-state index is 0.605. The Morgan fingerprint density at radius 3 is 2.56 bits per heavy atom. The summed E-state index contributed by atoms with van der Waals surface area (Å²) in [6.45, 7) is 2.05. The molecule has 0 atom stereocenters. The summed E-state index contributed by atoms with van der Waals surface area (Å²) < 4.78 is 0. The third-order valence-electron chi connectivity index (χ3n) is 1.99. The van der Waals surface area contributed by atoms with Crippen molar-refractivity contribution in [3.05, 3.63) is 40.0 Å². The van der Waals surface area contributed by atoms with Crippen molar-refractivity contribution in [1.29, 1.82) is 0 Å². The molecule has 86 valence electrons. The average Bonchev–Trinajstić information content (AvgIpc) is 2.23. The molecule has 0 aliphatic heterocycles. The van der Waals surface area contributed by atoms with Gasteiger partial charge in [-0.05, 0) is 24.6 Å². The number of hydrogen-bond donors (Lipinski definition) is 1. The van der Waals surface area contributed by atoms with Crippen LogP contribution in [0.2, 0.25) is 10.0 Å². The van der Waals surface area contributed by atoms with Crippen LogP contribution in [-0.2, 0) is 0 Å². The first kappa shape index (κ1) is 13.1. The lowest BCUT2D eigenvalue weighted by Crippen LogP contribution is -2.09. The van der Waals surface area contributed by atoms with Gasteiger partial charge in [0, 0.05) is 28.2 Å². The van der Waals surface area contributed by atoms with Crippen molar-refractivity contribution < 1.29 is 0 Å². The van der Waals surface area contributed by atoms with Gasteiger partial charge < -0.3 is 5.73 Å². The van der Waals surface area contributed by atoms with E-state index in [4.69, 9.17) is 28.9 Å². The molecular formula is C12H14Cl2N2. The first-order chi connectivity index (χ1) is 7.65. The second kappa shape index (κ2) is 6.56. The van der Waals surface area contributed by atoms with Crippen LogP contribution in [0.4, 0.5) is 0 Å². The average molecular weight is 257 g/mol. The monoisotopic (exact) mass is 256 g/mol. The van der Waals surface area contributed by atoms with Crippen molar-refractivity contribution in [3.63, 3.8) is 0 Å². The van der Waals surface area contributed by atoms with E-state index in [1.54, 1.807) is 30.5 Å². The number of hydrogen-bond acceptors (Lipinski definition) is 1. The lowest BCUT2D eigenvalue weighted by atomic mass is 10.2. The van der Waals surface area contributed by atoms with E-state index in [9.17, 15) is 0 Å². The lowest BCUT2D eigenvalue weighted by molar-refractivity contribution is 0.983. The maximum absolute atomic E-state index is 5.99. The highest BCUT2D eigenvalue weighted by Gasteiger charge is 2.00. The van der Waals surface area contributed by atoms with Gasteiger partial charge in [0.05, 0.1) is 5.84 Å². The topological polar surface area (TPSA) is 38.4 Å². The van der Waals surface area contributed by atoms with E-state index >= 15 is 0 Å². The van der Waals surface area contributed by atoms with Gasteiger partial charge in [0.15, 0.2) is 0 Å². The summed E-state index contributed by atoms with van der Waals surface area (Å²) in [5.41, 5.74) is 6.42. The van der Waals surface area contributed by atoms with Gasteiger partial charge in [-0.3, -0.25) is 0 Å². The Balaban J connectivity index is 2.81. The number of benzene rings is 1. The number of halogens is 2. The van der Waals surface area contributed by atoms with Crippen LogP contribution in [0.25, 0.3) is 6.08 Å². The molecule has 16 heavy (non-hydrogen) atoms. The molecule has 0 amide bonds. The van der Waals surface area contributed by atoms with E-state index in [0.29, 0.717) is 15.9 Å². The molecular weight excluding hydrogens is 243 g/mol. The van der Waals surface area contributed by atoms with Crippen LogP contribution in [0, 0.1) is 0 Å². The molecule has 0 saturated carbocycles. The number of amidine groups is 1. The summed E-state index contributed by atoms with van der Waals surface area (Å²) in [5, 5.41) is 1.21. The molecule has 0 fully saturated rings. The van der Waals surface area contributed by atoms with Gasteiger partial charge >= 0.3 is 0 Å². The number of nitrogens with two attached hydrogens (primary N) is 1. The molecule has 4 heteroatoms. The van der Waals surface area contributed by atoms with Gasteiger partial charge in [-0.25, -0.2) is 4.99 Å². The predicted octanol–water partition coefficient (Wildman–Crippen LogP) is 4.12. The van der Waals surface area contributed by atoms with Gasteiger partial charge in [-0.1, -0.05) is 36.2 Å². The fraction of sp³-hybridized carbons (Fsp3) is 0.250. The standard InChI is InChI=1S/C12H14Cl2N2/c1-2-4-12(15)16-8-7-9-10(13)5-3-6-11(9)14/h3,5-8H,2,4H2,1H3,(H2,15,16)/b8-7+. The second-order valence-corrected chi connectivity index (χ2v) is 4.14. The Morgan fingerprint density at radius 2 is 2.00 bits per heavy atom. The minimum absolute atomic E-state index is 0.605. The van der Waals surface area contributed by atoms with E-state index in [2.05, 4.69) is 11.9 Å². The Morgan fingerprint density at radius 1 is 1.38 bits per heavy atom. The van der Waals surface area contributed by atoms with Crippen LogP contribution >= 0.6 is 23.2 Å². The summed E-state index contributed by atoms with van der Waals surface area (Å²) in [7, 11) is 0. The molecule has 2 N–H and O–H groups in total. The van der Waals surface area contributed by atoms with Crippen molar-refractivity contribution >= 4 is 35.1 Å². The summed E-state index contributed by atoms with van der Waals surface area (Å²) in [4.78, 5) is 4.09. The van der Waals surface area contributed by atoms with E-state index in [0.717, 1.165) is 18.4 Å². The summed E-state index contributed by atoms with van der Waals surface area (Å²) in [6, 6.07) is 5.37. The summed E-state index contributed by atoms with van der Waals surface area (Å²) in [5.74, 6) is 0.613. The van der Waals surface area contributed by atoms with Crippen molar-refractivity contribution in [3.8, 4) is 0 Å². The molecule has 1 rings (SSSR count). The minimum Gasteiger partial charge on any atom is -0.387 e. The van der Waals surface area contributed by atoms with Crippen LogP contribution in [-0.4, -0.2) is 5.84 Å². The third-order valence-corrected chi connectivity index (χ3v) is 2.65. The Labute approximate surface area is 106 Å². The molecule has 0 aliphatic carbocycles. The molecule has 0 unspecified atom stereocenters. The molecule has 0 aromatic heterocycles. The van der Waals surface area contributed by atoms with Gasteiger partial charge in [0.25, 0.3) is 0 Å². The normalized spacial score (nSPS) is 12.3. The van der Waals surface area contributed by atoms with E-state index in [1.165, 1.54) is 0 Å². The first-order valence-corrected chi connectivity index (χ1v) is 5.83. The number of nitrogens with zero attached hydrogens (tertiary/aromatic N) is 1. The van der Waals surface area contributed by atoms with Crippen LogP contribution in [0.15, 0.2) is 29.4 Å². The molecule has 0 saturated heterocycles. The summed E-state index contributed by atoms with van der Waals surface area (Å²) in [6.07, 6.45) is 5.15.